The molecule has 1 heterocycles. The molecule has 156 valence electrons. The maximum atomic E-state index is 12.2. The van der Waals surface area contributed by atoms with Gasteiger partial charge >= 0.3 is 0 Å². The van der Waals surface area contributed by atoms with Gasteiger partial charge in [-0.05, 0) is 38.0 Å². The van der Waals surface area contributed by atoms with Gasteiger partial charge in [-0.25, -0.2) is 8.42 Å². The molecule has 0 aliphatic heterocycles. The van der Waals surface area contributed by atoms with Gasteiger partial charge in [-0.3, -0.25) is 4.99 Å². The summed E-state index contributed by atoms with van der Waals surface area (Å²) in [5, 5.41) is 6.56. The number of nitrogens with zero attached hydrogens (tertiary/aromatic N) is 1. The first kappa shape index (κ1) is 24.9. The highest BCUT2D eigenvalue weighted by atomic mass is 127. The number of nitrogens with one attached hydrogen (secondary N) is 2. The maximum absolute atomic E-state index is 12.2. The maximum Gasteiger partial charge on any atom is 0.191 e. The Labute approximate surface area is 190 Å². The van der Waals surface area contributed by atoms with Crippen molar-refractivity contribution in [2.45, 2.75) is 38.5 Å². The van der Waals surface area contributed by atoms with Crippen LogP contribution in [0.4, 0.5) is 0 Å². The fourth-order valence-corrected chi connectivity index (χ4v) is 5.22. The molecular formula is C20H30IN3O2S2. The third-order valence-electron chi connectivity index (χ3n) is 4.06. The van der Waals surface area contributed by atoms with Gasteiger partial charge in [0.1, 0.15) is 0 Å². The Kier molecular flexibility index (Phi) is 11.1. The minimum absolute atomic E-state index is 0. The van der Waals surface area contributed by atoms with Crippen molar-refractivity contribution in [3.63, 3.8) is 0 Å². The molecule has 8 heteroatoms. The van der Waals surface area contributed by atoms with Crippen LogP contribution < -0.4 is 10.6 Å². The minimum Gasteiger partial charge on any atom is -0.356 e. The van der Waals surface area contributed by atoms with E-state index in [0.717, 1.165) is 12.0 Å². The standard InChI is InChI=1S/C20H29N3O2S2.HI/c1-16(14-19-11-10-17(2)26-19)23-20(21-3)22-12-7-13-27(24,25)15-18-8-5-4-6-9-18;/h4-6,8-11,16H,7,12-15H2,1-3H3,(H2,21,22,23);1H. The molecule has 1 atom stereocenters. The molecule has 0 saturated heterocycles. The van der Waals surface area contributed by atoms with E-state index in [-0.39, 0.29) is 41.5 Å². The molecule has 0 saturated carbocycles. The zero-order valence-corrected chi connectivity index (χ0v) is 20.6. The van der Waals surface area contributed by atoms with Crippen LogP contribution in [0.3, 0.4) is 0 Å². The van der Waals surface area contributed by atoms with E-state index in [0.29, 0.717) is 18.9 Å². The molecule has 0 bridgehead atoms. The van der Waals surface area contributed by atoms with Gasteiger partial charge in [0.05, 0.1) is 11.5 Å². The average molecular weight is 536 g/mol. The quantitative estimate of drug-likeness (QED) is 0.222. The molecule has 1 aromatic heterocycles. The highest BCUT2D eigenvalue weighted by Crippen LogP contribution is 2.16. The largest absolute Gasteiger partial charge is 0.356 e. The zero-order valence-electron chi connectivity index (χ0n) is 16.6. The first-order chi connectivity index (χ1) is 12.9. The van der Waals surface area contributed by atoms with E-state index in [9.17, 15) is 8.42 Å². The van der Waals surface area contributed by atoms with Crippen molar-refractivity contribution in [1.82, 2.24) is 10.6 Å². The van der Waals surface area contributed by atoms with Gasteiger partial charge in [0.2, 0.25) is 0 Å². The lowest BCUT2D eigenvalue weighted by atomic mass is 10.2. The molecule has 0 amide bonds. The molecular weight excluding hydrogens is 505 g/mol. The van der Waals surface area contributed by atoms with E-state index < -0.39 is 9.84 Å². The van der Waals surface area contributed by atoms with Crippen molar-refractivity contribution < 1.29 is 8.42 Å². The van der Waals surface area contributed by atoms with Crippen LogP contribution in [0, 0.1) is 6.92 Å². The molecule has 2 rings (SSSR count). The van der Waals surface area contributed by atoms with Gasteiger partial charge in [0.25, 0.3) is 0 Å². The molecule has 5 nitrogen and oxygen atoms in total. The predicted molar refractivity (Wildman–Crippen MR) is 131 cm³/mol. The Balaban J connectivity index is 0.00000392. The number of rotatable bonds is 9. The smallest absolute Gasteiger partial charge is 0.191 e. The summed E-state index contributed by atoms with van der Waals surface area (Å²) in [5.74, 6) is 0.963. The van der Waals surface area contributed by atoms with Gasteiger partial charge < -0.3 is 10.6 Å². The van der Waals surface area contributed by atoms with Crippen LogP contribution >= 0.6 is 35.3 Å². The van der Waals surface area contributed by atoms with E-state index in [4.69, 9.17) is 0 Å². The molecule has 0 radical (unpaired) electrons. The molecule has 2 N–H and O–H groups in total. The van der Waals surface area contributed by atoms with Crippen LogP contribution in [0.25, 0.3) is 0 Å². The Hall–Kier alpha value is -1.13. The number of hydrogen-bond acceptors (Lipinski definition) is 4. The molecule has 0 aliphatic rings. The molecule has 0 spiro atoms. The Morgan fingerprint density at radius 1 is 1.18 bits per heavy atom. The van der Waals surface area contributed by atoms with Crippen LogP contribution in [0.15, 0.2) is 47.5 Å². The number of thiophene rings is 1. The lowest BCUT2D eigenvalue weighted by Gasteiger charge is -2.17. The van der Waals surface area contributed by atoms with Gasteiger partial charge in [-0.1, -0.05) is 30.3 Å². The first-order valence-corrected chi connectivity index (χ1v) is 11.8. The second-order valence-corrected chi connectivity index (χ2v) is 10.2. The van der Waals surface area contributed by atoms with Crippen LogP contribution in [-0.4, -0.2) is 39.8 Å². The van der Waals surface area contributed by atoms with Crippen LogP contribution in [0.1, 0.15) is 28.7 Å². The van der Waals surface area contributed by atoms with Gasteiger partial charge in [-0.2, -0.15) is 0 Å². The summed E-state index contributed by atoms with van der Waals surface area (Å²) in [7, 11) is -1.37. The third-order valence-corrected chi connectivity index (χ3v) is 6.77. The summed E-state index contributed by atoms with van der Waals surface area (Å²) in [4.78, 5) is 6.88. The van der Waals surface area contributed by atoms with Crippen molar-refractivity contribution in [3.8, 4) is 0 Å². The first-order valence-electron chi connectivity index (χ1n) is 9.15. The number of benzene rings is 1. The van der Waals surface area contributed by atoms with Gasteiger partial charge in [-0.15, -0.1) is 35.3 Å². The van der Waals surface area contributed by atoms with E-state index in [1.165, 1.54) is 9.75 Å². The predicted octanol–water partition coefficient (Wildman–Crippen LogP) is 3.78. The fraction of sp³-hybridized carbons (Fsp3) is 0.450. The zero-order chi connectivity index (χ0) is 19.7. The fourth-order valence-electron chi connectivity index (χ4n) is 2.77. The number of halogens is 1. The van der Waals surface area contributed by atoms with Gasteiger partial charge in [0, 0.05) is 35.8 Å². The number of aliphatic imine (C=N–C) groups is 1. The second-order valence-electron chi connectivity index (χ2n) is 6.69. The van der Waals surface area contributed by atoms with E-state index in [1.807, 2.05) is 41.7 Å². The molecule has 0 aliphatic carbocycles. The summed E-state index contributed by atoms with van der Waals surface area (Å²) in [6.45, 7) is 4.79. The Morgan fingerprint density at radius 3 is 2.50 bits per heavy atom. The normalized spacial score (nSPS) is 12.9. The molecule has 1 aromatic carbocycles. The highest BCUT2D eigenvalue weighted by molar-refractivity contribution is 14.0. The summed E-state index contributed by atoms with van der Waals surface area (Å²) in [6, 6.07) is 13.8. The lowest BCUT2D eigenvalue weighted by molar-refractivity contribution is 0.591. The second kappa shape index (κ2) is 12.4. The monoisotopic (exact) mass is 535 g/mol. The average Bonchev–Trinajstić information content (AvgIpc) is 3.02. The molecule has 28 heavy (non-hydrogen) atoms. The van der Waals surface area contributed by atoms with Crippen LogP contribution in [0.5, 0.6) is 0 Å². The molecule has 2 aromatic rings. The summed E-state index contributed by atoms with van der Waals surface area (Å²) >= 11 is 1.81. The van der Waals surface area contributed by atoms with E-state index in [2.05, 4.69) is 41.6 Å². The third kappa shape index (κ3) is 9.38. The van der Waals surface area contributed by atoms with Gasteiger partial charge in [0.15, 0.2) is 15.8 Å². The number of aryl methyl sites for hydroxylation is 1. The van der Waals surface area contributed by atoms with Crippen molar-refractivity contribution in [1.29, 1.82) is 0 Å². The number of guanidine groups is 1. The van der Waals surface area contributed by atoms with E-state index in [1.54, 1.807) is 7.05 Å². The Bertz CT molecular complexity index is 836. The van der Waals surface area contributed by atoms with Crippen molar-refractivity contribution in [3.05, 3.63) is 57.8 Å². The highest BCUT2D eigenvalue weighted by Gasteiger charge is 2.12. The minimum atomic E-state index is -3.10. The molecule has 0 fully saturated rings. The Morgan fingerprint density at radius 2 is 1.89 bits per heavy atom. The summed E-state index contributed by atoms with van der Waals surface area (Å²) in [5.41, 5.74) is 0.834. The SMILES string of the molecule is CN=C(NCCCS(=O)(=O)Cc1ccccc1)NC(C)Cc1ccc(C)s1.I. The number of sulfone groups is 1. The lowest BCUT2D eigenvalue weighted by Crippen LogP contribution is -2.43. The van der Waals surface area contributed by atoms with Crippen molar-refractivity contribution in [2.24, 2.45) is 4.99 Å². The van der Waals surface area contributed by atoms with Crippen molar-refractivity contribution in [2.75, 3.05) is 19.3 Å². The topological polar surface area (TPSA) is 70.6 Å². The van der Waals surface area contributed by atoms with E-state index >= 15 is 0 Å². The van der Waals surface area contributed by atoms with Crippen molar-refractivity contribution >= 4 is 51.1 Å². The van der Waals surface area contributed by atoms with Crippen LogP contribution in [0.2, 0.25) is 0 Å². The number of hydrogen-bond donors (Lipinski definition) is 2. The van der Waals surface area contributed by atoms with Crippen LogP contribution in [-0.2, 0) is 22.0 Å². The molecule has 1 unspecified atom stereocenters. The summed E-state index contributed by atoms with van der Waals surface area (Å²) in [6.07, 6.45) is 1.49. The summed E-state index contributed by atoms with van der Waals surface area (Å²) < 4.78 is 24.4.